The van der Waals surface area contributed by atoms with E-state index < -0.39 is 57.8 Å². The maximum atomic E-state index is 15.0. The SMILES string of the molecule is CCCc1ccc(-c2ccc(-c3cc(F)c(-c4cc(F)c(/C=C/C(F)(F)F)c(F)c4)c(F)c3)c(F)c2)c(F)c1. The first-order chi connectivity index (χ1) is 18.4. The van der Waals surface area contributed by atoms with Gasteiger partial charge in [-0.05, 0) is 71.1 Å². The van der Waals surface area contributed by atoms with Crippen LogP contribution in [0.3, 0.4) is 0 Å². The number of allylic oxidation sites excluding steroid dienone is 1. The summed E-state index contributed by atoms with van der Waals surface area (Å²) in [6, 6.07) is 10.7. The van der Waals surface area contributed by atoms with Crippen LogP contribution in [-0.2, 0) is 6.42 Å². The fourth-order valence-corrected chi connectivity index (χ4v) is 4.22. The average molecular weight is 550 g/mol. The van der Waals surface area contributed by atoms with Crippen LogP contribution in [0.5, 0.6) is 0 Å². The highest BCUT2D eigenvalue weighted by atomic mass is 19.4. The van der Waals surface area contributed by atoms with Crippen LogP contribution in [-0.4, -0.2) is 6.18 Å². The zero-order chi connectivity index (χ0) is 28.5. The van der Waals surface area contributed by atoms with Crippen LogP contribution < -0.4 is 0 Å². The molecule has 202 valence electrons. The Labute approximate surface area is 218 Å². The lowest BCUT2D eigenvalue weighted by Crippen LogP contribution is -2.01. The fourth-order valence-electron chi connectivity index (χ4n) is 4.22. The zero-order valence-electron chi connectivity index (χ0n) is 20.2. The van der Waals surface area contributed by atoms with E-state index in [4.69, 9.17) is 0 Å². The van der Waals surface area contributed by atoms with E-state index in [0.29, 0.717) is 18.6 Å². The van der Waals surface area contributed by atoms with Gasteiger partial charge in [-0.2, -0.15) is 13.2 Å². The number of hydrogen-bond acceptors (Lipinski definition) is 0. The van der Waals surface area contributed by atoms with Gasteiger partial charge in [-0.25, -0.2) is 26.3 Å². The van der Waals surface area contributed by atoms with Gasteiger partial charge in [-0.3, -0.25) is 0 Å². The Morgan fingerprint density at radius 2 is 1.10 bits per heavy atom. The summed E-state index contributed by atoms with van der Waals surface area (Å²) in [6.45, 7) is 1.95. The molecule has 0 spiro atoms. The molecule has 0 fully saturated rings. The second-order valence-corrected chi connectivity index (χ2v) is 8.80. The highest BCUT2D eigenvalue weighted by molar-refractivity contribution is 5.75. The first kappa shape index (κ1) is 28.0. The molecule has 4 aromatic carbocycles. The molecule has 4 aromatic rings. The van der Waals surface area contributed by atoms with Crippen molar-refractivity contribution < 1.29 is 39.5 Å². The third-order valence-electron chi connectivity index (χ3n) is 6.01. The van der Waals surface area contributed by atoms with E-state index in [-0.39, 0.29) is 34.4 Å². The van der Waals surface area contributed by atoms with Crippen molar-refractivity contribution in [3.8, 4) is 33.4 Å². The normalized spacial score (nSPS) is 11.9. The molecule has 0 unspecified atom stereocenters. The van der Waals surface area contributed by atoms with Crippen molar-refractivity contribution in [2.24, 2.45) is 0 Å². The molecular formula is C30H19F9. The van der Waals surface area contributed by atoms with Gasteiger partial charge < -0.3 is 0 Å². The second-order valence-electron chi connectivity index (χ2n) is 8.80. The first-order valence-electron chi connectivity index (χ1n) is 11.7. The van der Waals surface area contributed by atoms with E-state index in [2.05, 4.69) is 0 Å². The van der Waals surface area contributed by atoms with Crippen molar-refractivity contribution in [1.29, 1.82) is 0 Å². The van der Waals surface area contributed by atoms with Crippen LogP contribution in [0, 0.1) is 34.9 Å². The molecule has 0 aromatic heterocycles. The van der Waals surface area contributed by atoms with E-state index in [1.165, 1.54) is 24.3 Å². The monoisotopic (exact) mass is 550 g/mol. The Hall–Kier alpha value is -4.01. The summed E-state index contributed by atoms with van der Waals surface area (Å²) in [5, 5.41) is 0. The molecule has 0 saturated carbocycles. The summed E-state index contributed by atoms with van der Waals surface area (Å²) in [6.07, 6.45) is -3.53. The van der Waals surface area contributed by atoms with Crippen molar-refractivity contribution in [3.63, 3.8) is 0 Å². The van der Waals surface area contributed by atoms with E-state index in [9.17, 15) is 39.5 Å². The predicted octanol–water partition coefficient (Wildman–Crippen LogP) is 10.1. The molecule has 9 heteroatoms. The number of alkyl halides is 3. The minimum atomic E-state index is -4.83. The van der Waals surface area contributed by atoms with Crippen LogP contribution >= 0.6 is 0 Å². The van der Waals surface area contributed by atoms with E-state index in [1.807, 2.05) is 6.92 Å². The Morgan fingerprint density at radius 1 is 0.590 bits per heavy atom. The third kappa shape index (κ3) is 6.19. The maximum absolute atomic E-state index is 15.0. The Kier molecular flexibility index (Phi) is 7.90. The van der Waals surface area contributed by atoms with Gasteiger partial charge in [0.1, 0.15) is 34.9 Å². The number of rotatable bonds is 6. The standard InChI is InChI=1S/C30H19F9/c1-2-3-16-4-6-20(23(31)10-16)17-5-7-21(24(32)11-17)18-12-27(35)29(28(36)13-18)19-14-25(33)22(26(34)15-19)8-9-30(37,38)39/h4-15H,2-3H2,1H3/b9-8+. The van der Waals surface area contributed by atoms with Crippen LogP contribution in [0.2, 0.25) is 0 Å². The fraction of sp³-hybridized carbons (Fsp3) is 0.133. The van der Waals surface area contributed by atoms with Crippen molar-refractivity contribution >= 4 is 6.08 Å². The van der Waals surface area contributed by atoms with Crippen molar-refractivity contribution in [3.05, 3.63) is 113 Å². The lowest BCUT2D eigenvalue weighted by Gasteiger charge is -2.12. The molecule has 39 heavy (non-hydrogen) atoms. The Balaban J connectivity index is 1.69. The largest absolute Gasteiger partial charge is 0.409 e. The Morgan fingerprint density at radius 3 is 1.64 bits per heavy atom. The van der Waals surface area contributed by atoms with Crippen LogP contribution in [0.15, 0.2) is 66.7 Å². The van der Waals surface area contributed by atoms with Gasteiger partial charge in [-0.15, -0.1) is 0 Å². The van der Waals surface area contributed by atoms with Gasteiger partial charge in [0.15, 0.2) is 0 Å². The van der Waals surface area contributed by atoms with Gasteiger partial charge in [-0.1, -0.05) is 37.6 Å². The van der Waals surface area contributed by atoms with Gasteiger partial charge in [0.25, 0.3) is 0 Å². The van der Waals surface area contributed by atoms with Gasteiger partial charge >= 0.3 is 6.18 Å². The second kappa shape index (κ2) is 11.0. The van der Waals surface area contributed by atoms with E-state index in [0.717, 1.165) is 30.2 Å². The molecule has 0 heterocycles. The number of hydrogen-bond donors (Lipinski definition) is 0. The van der Waals surface area contributed by atoms with Gasteiger partial charge in [0.2, 0.25) is 0 Å². The van der Waals surface area contributed by atoms with Gasteiger partial charge in [0, 0.05) is 22.8 Å². The summed E-state index contributed by atoms with van der Waals surface area (Å²) in [5.41, 5.74) is -1.80. The summed E-state index contributed by atoms with van der Waals surface area (Å²) in [5.74, 6) is -6.95. The molecule has 4 rings (SSSR count). The maximum Gasteiger partial charge on any atom is 0.409 e. The molecule has 0 amide bonds. The molecule has 0 aliphatic carbocycles. The topological polar surface area (TPSA) is 0 Å². The zero-order valence-corrected chi connectivity index (χ0v) is 20.2. The molecule has 0 atom stereocenters. The highest BCUT2D eigenvalue weighted by Gasteiger charge is 2.24. The lowest BCUT2D eigenvalue weighted by molar-refractivity contribution is -0.0790. The summed E-state index contributed by atoms with van der Waals surface area (Å²) < 4.78 is 125. The smallest absolute Gasteiger partial charge is 0.206 e. The number of halogens is 9. The van der Waals surface area contributed by atoms with Gasteiger partial charge in [0.05, 0.1) is 5.56 Å². The third-order valence-corrected chi connectivity index (χ3v) is 6.01. The van der Waals surface area contributed by atoms with Crippen LogP contribution in [0.4, 0.5) is 39.5 Å². The van der Waals surface area contributed by atoms with Crippen LogP contribution in [0.25, 0.3) is 39.5 Å². The molecule has 0 aliphatic rings. The van der Waals surface area contributed by atoms with Crippen molar-refractivity contribution in [2.75, 3.05) is 0 Å². The molecular weight excluding hydrogens is 531 g/mol. The lowest BCUT2D eigenvalue weighted by atomic mass is 9.95. The van der Waals surface area contributed by atoms with E-state index >= 15 is 0 Å². The van der Waals surface area contributed by atoms with E-state index in [1.54, 1.807) is 6.07 Å². The molecule has 0 nitrogen and oxygen atoms in total. The minimum absolute atomic E-state index is 0.144. The number of aryl methyl sites for hydroxylation is 1. The molecule has 0 bridgehead atoms. The molecule has 0 aliphatic heterocycles. The average Bonchev–Trinajstić information content (AvgIpc) is 2.82. The summed E-state index contributed by atoms with van der Waals surface area (Å²) in [4.78, 5) is 0. The Bertz CT molecular complexity index is 1520. The number of benzene rings is 4. The molecule has 0 radical (unpaired) electrons. The quantitative estimate of drug-likeness (QED) is 0.210. The molecule has 0 saturated heterocycles. The van der Waals surface area contributed by atoms with Crippen molar-refractivity contribution in [1.82, 2.24) is 0 Å². The predicted molar refractivity (Wildman–Crippen MR) is 132 cm³/mol. The highest BCUT2D eigenvalue weighted by Crippen LogP contribution is 2.35. The minimum Gasteiger partial charge on any atom is -0.206 e. The van der Waals surface area contributed by atoms with Crippen molar-refractivity contribution in [2.45, 2.75) is 25.9 Å². The summed E-state index contributed by atoms with van der Waals surface area (Å²) >= 11 is 0. The summed E-state index contributed by atoms with van der Waals surface area (Å²) in [7, 11) is 0. The van der Waals surface area contributed by atoms with Crippen LogP contribution in [0.1, 0.15) is 24.5 Å². The molecule has 0 N–H and O–H groups in total. The first-order valence-corrected chi connectivity index (χ1v) is 11.7.